The Bertz CT molecular complexity index is 508. The van der Waals surface area contributed by atoms with Gasteiger partial charge in [-0.05, 0) is 50.3 Å². The minimum Gasteiger partial charge on any atom is -0.314 e. The highest BCUT2D eigenvalue weighted by atomic mass is 15.2. The molecule has 0 saturated carbocycles. The lowest BCUT2D eigenvalue weighted by molar-refractivity contribution is 0.0909. The Hall–Kier alpha value is -0.900. The molecule has 3 heteroatoms. The van der Waals surface area contributed by atoms with E-state index in [-0.39, 0.29) is 0 Å². The van der Waals surface area contributed by atoms with Gasteiger partial charge < -0.3 is 5.32 Å². The lowest BCUT2D eigenvalue weighted by atomic mass is 9.93. The molecule has 3 nitrogen and oxygen atoms in total. The third kappa shape index (κ3) is 4.34. The standard InChI is InChI=1S/C20H33N3/c1-16-6-7-19(18(3)13-16)20(15-22-11-8-21-9-12-22)23-10-4-5-17(2)14-23/h6-7,13,17,20-21H,4-5,8-12,14-15H2,1-3H3. The van der Waals surface area contributed by atoms with Crippen molar-refractivity contribution in [3.8, 4) is 0 Å². The SMILES string of the molecule is Cc1ccc(C(CN2CCNCC2)N2CCCC(C)C2)c(C)c1. The summed E-state index contributed by atoms with van der Waals surface area (Å²) in [6, 6.07) is 7.58. The molecule has 0 bridgehead atoms. The number of nitrogens with one attached hydrogen (secondary N) is 1. The average Bonchev–Trinajstić information content (AvgIpc) is 2.54. The summed E-state index contributed by atoms with van der Waals surface area (Å²) in [6.45, 7) is 15.2. The molecule has 2 aliphatic rings. The minimum absolute atomic E-state index is 0.552. The predicted octanol–water partition coefficient (Wildman–Crippen LogP) is 2.98. The molecule has 0 spiro atoms. The molecule has 1 aromatic carbocycles. The first-order chi connectivity index (χ1) is 11.1. The molecule has 0 aliphatic carbocycles. The molecule has 2 saturated heterocycles. The molecule has 2 aliphatic heterocycles. The predicted molar refractivity (Wildman–Crippen MR) is 97.9 cm³/mol. The maximum Gasteiger partial charge on any atom is 0.0477 e. The zero-order valence-electron chi connectivity index (χ0n) is 15.1. The molecule has 1 aromatic rings. The van der Waals surface area contributed by atoms with E-state index in [0.717, 1.165) is 19.0 Å². The van der Waals surface area contributed by atoms with Crippen molar-refractivity contribution in [3.63, 3.8) is 0 Å². The van der Waals surface area contributed by atoms with Crippen molar-refractivity contribution in [2.45, 2.75) is 39.7 Å². The van der Waals surface area contributed by atoms with Crippen LogP contribution in [-0.4, -0.2) is 55.6 Å². The quantitative estimate of drug-likeness (QED) is 0.921. The van der Waals surface area contributed by atoms with Crippen molar-refractivity contribution in [3.05, 3.63) is 34.9 Å². The van der Waals surface area contributed by atoms with Gasteiger partial charge in [-0.15, -0.1) is 0 Å². The summed E-state index contributed by atoms with van der Waals surface area (Å²) >= 11 is 0. The Morgan fingerprint density at radius 3 is 2.65 bits per heavy atom. The van der Waals surface area contributed by atoms with Gasteiger partial charge in [-0.2, -0.15) is 0 Å². The van der Waals surface area contributed by atoms with E-state index in [2.05, 4.69) is 54.1 Å². The largest absolute Gasteiger partial charge is 0.314 e. The third-order valence-electron chi connectivity index (χ3n) is 5.55. The van der Waals surface area contributed by atoms with Gasteiger partial charge in [0.25, 0.3) is 0 Å². The monoisotopic (exact) mass is 315 g/mol. The minimum atomic E-state index is 0.552. The van der Waals surface area contributed by atoms with Crippen LogP contribution in [0, 0.1) is 19.8 Å². The van der Waals surface area contributed by atoms with Crippen LogP contribution in [0.1, 0.15) is 42.5 Å². The Morgan fingerprint density at radius 1 is 1.17 bits per heavy atom. The average molecular weight is 316 g/mol. The van der Waals surface area contributed by atoms with E-state index < -0.39 is 0 Å². The number of benzene rings is 1. The van der Waals surface area contributed by atoms with Gasteiger partial charge in [0.2, 0.25) is 0 Å². The van der Waals surface area contributed by atoms with E-state index in [4.69, 9.17) is 0 Å². The Kier molecular flexibility index (Phi) is 5.73. The first-order valence-corrected chi connectivity index (χ1v) is 9.38. The molecule has 2 unspecified atom stereocenters. The number of hydrogen-bond acceptors (Lipinski definition) is 3. The summed E-state index contributed by atoms with van der Waals surface area (Å²) in [4.78, 5) is 5.41. The second-order valence-electron chi connectivity index (χ2n) is 7.67. The van der Waals surface area contributed by atoms with Crippen LogP contribution in [0.15, 0.2) is 18.2 Å². The molecule has 2 fully saturated rings. The highest BCUT2D eigenvalue weighted by Gasteiger charge is 2.28. The van der Waals surface area contributed by atoms with Crippen LogP contribution in [-0.2, 0) is 0 Å². The van der Waals surface area contributed by atoms with Crippen LogP contribution in [0.4, 0.5) is 0 Å². The molecule has 2 heterocycles. The number of rotatable bonds is 4. The number of piperidine rings is 1. The fraction of sp³-hybridized carbons (Fsp3) is 0.700. The van der Waals surface area contributed by atoms with Crippen molar-refractivity contribution in [1.82, 2.24) is 15.1 Å². The van der Waals surface area contributed by atoms with Crippen molar-refractivity contribution < 1.29 is 0 Å². The Balaban J connectivity index is 1.82. The van der Waals surface area contributed by atoms with Gasteiger partial charge in [0.05, 0.1) is 0 Å². The summed E-state index contributed by atoms with van der Waals surface area (Å²) in [7, 11) is 0. The molecular weight excluding hydrogens is 282 g/mol. The van der Waals surface area contributed by atoms with Gasteiger partial charge in [0, 0.05) is 45.3 Å². The molecule has 0 radical (unpaired) electrons. The lowest BCUT2D eigenvalue weighted by Gasteiger charge is -2.41. The fourth-order valence-electron chi connectivity index (χ4n) is 4.26. The van der Waals surface area contributed by atoms with Crippen molar-refractivity contribution in [1.29, 1.82) is 0 Å². The van der Waals surface area contributed by atoms with Crippen molar-refractivity contribution in [2.24, 2.45) is 5.92 Å². The maximum absolute atomic E-state index is 3.48. The second-order valence-corrected chi connectivity index (χ2v) is 7.67. The molecule has 1 N–H and O–H groups in total. The highest BCUT2D eigenvalue weighted by Crippen LogP contribution is 2.30. The van der Waals surface area contributed by atoms with Crippen LogP contribution < -0.4 is 5.32 Å². The number of aryl methyl sites for hydroxylation is 2. The summed E-state index contributed by atoms with van der Waals surface area (Å²) < 4.78 is 0. The summed E-state index contributed by atoms with van der Waals surface area (Å²) in [5.74, 6) is 0.833. The van der Waals surface area contributed by atoms with E-state index in [1.165, 1.54) is 56.7 Å². The van der Waals surface area contributed by atoms with Gasteiger partial charge in [-0.25, -0.2) is 0 Å². The van der Waals surface area contributed by atoms with Gasteiger partial charge in [-0.1, -0.05) is 30.7 Å². The van der Waals surface area contributed by atoms with Crippen LogP contribution in [0.3, 0.4) is 0 Å². The zero-order chi connectivity index (χ0) is 16.2. The third-order valence-corrected chi connectivity index (χ3v) is 5.55. The molecule has 0 aromatic heterocycles. The lowest BCUT2D eigenvalue weighted by Crippen LogP contribution is -2.48. The fourth-order valence-corrected chi connectivity index (χ4v) is 4.26. The number of nitrogens with zero attached hydrogens (tertiary/aromatic N) is 2. The Labute approximate surface area is 142 Å². The summed E-state index contributed by atoms with van der Waals surface area (Å²) in [6.07, 6.45) is 2.74. The molecule has 23 heavy (non-hydrogen) atoms. The van der Waals surface area contributed by atoms with Crippen molar-refractivity contribution >= 4 is 0 Å². The molecule has 2 atom stereocenters. The van der Waals surface area contributed by atoms with E-state index >= 15 is 0 Å². The highest BCUT2D eigenvalue weighted by molar-refractivity contribution is 5.33. The van der Waals surface area contributed by atoms with E-state index in [1.807, 2.05) is 0 Å². The first-order valence-electron chi connectivity index (χ1n) is 9.38. The van der Waals surface area contributed by atoms with E-state index in [9.17, 15) is 0 Å². The van der Waals surface area contributed by atoms with E-state index in [0.29, 0.717) is 6.04 Å². The van der Waals surface area contributed by atoms with Gasteiger partial charge in [0.1, 0.15) is 0 Å². The van der Waals surface area contributed by atoms with Crippen LogP contribution in [0.2, 0.25) is 0 Å². The van der Waals surface area contributed by atoms with Crippen LogP contribution in [0.25, 0.3) is 0 Å². The smallest absolute Gasteiger partial charge is 0.0477 e. The summed E-state index contributed by atoms with van der Waals surface area (Å²) in [5.41, 5.74) is 4.38. The molecule has 0 amide bonds. The zero-order valence-corrected chi connectivity index (χ0v) is 15.1. The van der Waals surface area contributed by atoms with Gasteiger partial charge in [-0.3, -0.25) is 9.80 Å². The molecule has 128 valence electrons. The van der Waals surface area contributed by atoms with Crippen molar-refractivity contribution in [2.75, 3.05) is 45.8 Å². The number of hydrogen-bond donors (Lipinski definition) is 1. The Morgan fingerprint density at radius 2 is 1.96 bits per heavy atom. The van der Waals surface area contributed by atoms with Crippen LogP contribution >= 0.6 is 0 Å². The normalized spacial score (nSPS) is 25.4. The number of piperazine rings is 1. The second kappa shape index (κ2) is 7.78. The first kappa shape index (κ1) is 16.9. The van der Waals surface area contributed by atoms with Crippen LogP contribution in [0.5, 0.6) is 0 Å². The van der Waals surface area contributed by atoms with Gasteiger partial charge in [0.15, 0.2) is 0 Å². The summed E-state index contributed by atoms with van der Waals surface area (Å²) in [5, 5.41) is 3.48. The number of likely N-dealkylation sites (tertiary alicyclic amines) is 1. The van der Waals surface area contributed by atoms with Gasteiger partial charge >= 0.3 is 0 Å². The topological polar surface area (TPSA) is 18.5 Å². The maximum atomic E-state index is 3.48. The van der Waals surface area contributed by atoms with E-state index in [1.54, 1.807) is 5.56 Å². The molecule has 3 rings (SSSR count). The molecular formula is C20H33N3.